The molecular weight excluding hydrogens is 306 g/mol. The number of amides is 1. The largest absolute Gasteiger partial charge is 0.478 e. The van der Waals surface area contributed by atoms with Gasteiger partial charge in [0.15, 0.2) is 0 Å². The van der Waals surface area contributed by atoms with E-state index in [2.05, 4.69) is 0 Å². The Morgan fingerprint density at radius 1 is 1.14 bits per heavy atom. The predicted octanol–water partition coefficient (Wildman–Crippen LogP) is 1.25. The van der Waals surface area contributed by atoms with Gasteiger partial charge < -0.3 is 5.11 Å². The van der Waals surface area contributed by atoms with Crippen LogP contribution in [-0.2, 0) is 14.8 Å². The summed E-state index contributed by atoms with van der Waals surface area (Å²) in [7, 11) is -3.75. The van der Waals surface area contributed by atoms with Gasteiger partial charge in [-0.15, -0.1) is 0 Å². The molecule has 1 aromatic carbocycles. The maximum atomic E-state index is 12.7. The fourth-order valence-electron chi connectivity index (χ4n) is 3.90. The summed E-state index contributed by atoms with van der Waals surface area (Å²) in [6, 6.07) is 5.35. The van der Waals surface area contributed by atoms with Gasteiger partial charge in [-0.3, -0.25) is 4.79 Å². The molecule has 4 atom stereocenters. The van der Waals surface area contributed by atoms with Crippen molar-refractivity contribution in [3.63, 3.8) is 0 Å². The number of carboxylic acids is 1. The zero-order valence-electron chi connectivity index (χ0n) is 11.4. The number of fused-ring (bicyclic) bond motifs is 5. The van der Waals surface area contributed by atoms with Crippen molar-refractivity contribution in [2.24, 2.45) is 17.8 Å². The molecule has 1 saturated carbocycles. The van der Waals surface area contributed by atoms with Crippen LogP contribution in [0.4, 0.5) is 5.69 Å². The van der Waals surface area contributed by atoms with E-state index in [1.165, 1.54) is 24.3 Å². The second-order valence-electron chi connectivity index (χ2n) is 5.94. The normalized spacial score (nSPS) is 34.2. The van der Waals surface area contributed by atoms with Crippen LogP contribution >= 0.6 is 0 Å². The Balaban J connectivity index is 1.77. The van der Waals surface area contributed by atoms with Crippen LogP contribution in [0.1, 0.15) is 16.8 Å². The van der Waals surface area contributed by atoms with Crippen molar-refractivity contribution in [3.05, 3.63) is 42.0 Å². The summed E-state index contributed by atoms with van der Waals surface area (Å²) in [6.45, 7) is 0. The smallest absolute Gasteiger partial charge is 0.335 e. The average molecular weight is 319 g/mol. The van der Waals surface area contributed by atoms with Crippen LogP contribution in [0.5, 0.6) is 0 Å². The van der Waals surface area contributed by atoms with Gasteiger partial charge in [-0.1, -0.05) is 12.2 Å². The molecule has 22 heavy (non-hydrogen) atoms. The third-order valence-electron chi connectivity index (χ3n) is 4.82. The van der Waals surface area contributed by atoms with Crippen molar-refractivity contribution in [1.29, 1.82) is 0 Å². The lowest BCUT2D eigenvalue weighted by molar-refractivity contribution is -0.120. The zero-order valence-corrected chi connectivity index (χ0v) is 12.2. The molecule has 0 spiro atoms. The van der Waals surface area contributed by atoms with Crippen molar-refractivity contribution >= 4 is 27.6 Å². The Labute approximate surface area is 127 Å². The molecule has 1 saturated heterocycles. The second-order valence-corrected chi connectivity index (χ2v) is 7.88. The highest BCUT2D eigenvalue weighted by atomic mass is 32.2. The van der Waals surface area contributed by atoms with E-state index >= 15 is 0 Å². The zero-order chi connectivity index (χ0) is 15.6. The topological polar surface area (TPSA) is 91.8 Å². The Hall–Kier alpha value is -2.15. The fourth-order valence-corrected chi connectivity index (χ4v) is 6.27. The summed E-state index contributed by atoms with van der Waals surface area (Å²) in [6.07, 6.45) is 4.57. The number of anilines is 1. The molecule has 114 valence electrons. The highest BCUT2D eigenvalue weighted by molar-refractivity contribution is 7.94. The first-order valence-corrected chi connectivity index (χ1v) is 8.51. The number of benzene rings is 1. The summed E-state index contributed by atoms with van der Waals surface area (Å²) in [5.74, 6) is -2.09. The van der Waals surface area contributed by atoms with Crippen molar-refractivity contribution in [1.82, 2.24) is 0 Å². The van der Waals surface area contributed by atoms with Crippen molar-refractivity contribution in [2.45, 2.75) is 11.7 Å². The standard InChI is InChI=1S/C15H13NO5S/c17-14-12-9-1-2-10(7-9)13(12)22(20,21)16(14)11-5-3-8(4-6-11)15(18)19/h1-6,9-10,12-13H,7H2,(H,18,19). The van der Waals surface area contributed by atoms with Crippen LogP contribution in [0.2, 0.25) is 0 Å². The highest BCUT2D eigenvalue weighted by Crippen LogP contribution is 2.53. The van der Waals surface area contributed by atoms with E-state index in [4.69, 9.17) is 5.11 Å². The molecule has 4 rings (SSSR count). The number of allylic oxidation sites excluding steroid dienone is 2. The molecule has 6 nitrogen and oxygen atoms in total. The lowest BCUT2D eigenvalue weighted by Crippen LogP contribution is -2.33. The van der Waals surface area contributed by atoms with E-state index in [0.29, 0.717) is 0 Å². The Morgan fingerprint density at radius 2 is 1.77 bits per heavy atom. The molecule has 1 N–H and O–H groups in total. The quantitative estimate of drug-likeness (QED) is 0.828. The van der Waals surface area contributed by atoms with Gasteiger partial charge in [0.05, 0.1) is 22.4 Å². The van der Waals surface area contributed by atoms with Crippen LogP contribution < -0.4 is 4.31 Å². The van der Waals surface area contributed by atoms with Gasteiger partial charge in [0.2, 0.25) is 15.9 Å². The summed E-state index contributed by atoms with van der Waals surface area (Å²) in [5.41, 5.74) is 0.263. The number of aromatic carboxylic acids is 1. The van der Waals surface area contributed by atoms with E-state index < -0.39 is 33.1 Å². The third-order valence-corrected chi connectivity index (χ3v) is 7.05. The molecule has 1 heterocycles. The van der Waals surface area contributed by atoms with E-state index in [9.17, 15) is 18.0 Å². The van der Waals surface area contributed by atoms with E-state index in [0.717, 1.165) is 10.7 Å². The minimum absolute atomic E-state index is 0.000526. The van der Waals surface area contributed by atoms with Gasteiger partial charge in [-0.25, -0.2) is 17.5 Å². The average Bonchev–Trinajstić information content (AvgIpc) is 3.12. The molecule has 7 heteroatoms. The first-order valence-electron chi connectivity index (χ1n) is 7.01. The van der Waals surface area contributed by atoms with E-state index in [-0.39, 0.29) is 23.1 Å². The van der Waals surface area contributed by atoms with Crippen LogP contribution in [-0.4, -0.2) is 30.7 Å². The number of hydrogen-bond donors (Lipinski definition) is 1. The van der Waals surface area contributed by atoms with Crippen molar-refractivity contribution in [2.75, 3.05) is 4.31 Å². The monoisotopic (exact) mass is 319 g/mol. The molecular formula is C15H13NO5S. The molecule has 0 aromatic heterocycles. The fraction of sp³-hybridized carbons (Fsp3) is 0.333. The number of carbonyl (C=O) groups excluding carboxylic acids is 1. The highest BCUT2D eigenvalue weighted by Gasteiger charge is 2.63. The van der Waals surface area contributed by atoms with Gasteiger partial charge in [0, 0.05) is 0 Å². The minimum Gasteiger partial charge on any atom is -0.478 e. The lowest BCUT2D eigenvalue weighted by Gasteiger charge is -2.19. The number of nitrogens with zero attached hydrogens (tertiary/aromatic N) is 1. The van der Waals surface area contributed by atoms with Crippen LogP contribution in [0, 0.1) is 17.8 Å². The molecule has 1 aliphatic heterocycles. The number of carbonyl (C=O) groups is 2. The molecule has 0 radical (unpaired) electrons. The summed E-state index contributed by atoms with van der Waals surface area (Å²) < 4.78 is 26.4. The maximum Gasteiger partial charge on any atom is 0.335 e. The third kappa shape index (κ3) is 1.57. The van der Waals surface area contributed by atoms with E-state index in [1.54, 1.807) is 0 Å². The molecule has 1 aromatic rings. The van der Waals surface area contributed by atoms with Gasteiger partial charge in [-0.2, -0.15) is 0 Å². The summed E-state index contributed by atoms with van der Waals surface area (Å²) in [4.78, 5) is 23.5. The van der Waals surface area contributed by atoms with Gasteiger partial charge in [0.1, 0.15) is 0 Å². The van der Waals surface area contributed by atoms with Gasteiger partial charge >= 0.3 is 5.97 Å². The first-order chi connectivity index (χ1) is 10.4. The lowest BCUT2D eigenvalue weighted by atomic mass is 9.92. The second kappa shape index (κ2) is 4.19. The molecule has 4 unspecified atom stereocenters. The summed E-state index contributed by atoms with van der Waals surface area (Å²) >= 11 is 0. The number of hydrogen-bond acceptors (Lipinski definition) is 4. The number of rotatable bonds is 2. The van der Waals surface area contributed by atoms with Crippen molar-refractivity contribution in [3.8, 4) is 0 Å². The Bertz CT molecular complexity index is 811. The number of sulfonamides is 1. The predicted molar refractivity (Wildman–Crippen MR) is 77.8 cm³/mol. The van der Waals surface area contributed by atoms with Crippen LogP contribution in [0.15, 0.2) is 36.4 Å². The molecule has 2 fully saturated rings. The minimum atomic E-state index is -3.75. The SMILES string of the molecule is O=C(O)c1ccc(N2C(=O)C3C4C=CC(C4)C3S2(=O)=O)cc1. The number of carboxylic acid groups (broad SMARTS) is 1. The van der Waals surface area contributed by atoms with Gasteiger partial charge in [-0.05, 0) is 42.5 Å². The molecule has 2 bridgehead atoms. The molecule has 3 aliphatic rings. The molecule has 1 amide bonds. The molecule has 2 aliphatic carbocycles. The van der Waals surface area contributed by atoms with Crippen LogP contribution in [0.25, 0.3) is 0 Å². The van der Waals surface area contributed by atoms with E-state index in [1.807, 2.05) is 12.2 Å². The Kier molecular flexibility index (Phi) is 2.57. The summed E-state index contributed by atoms with van der Waals surface area (Å²) in [5, 5.41) is 8.23. The first kappa shape index (κ1) is 13.5. The maximum absolute atomic E-state index is 12.7. The van der Waals surface area contributed by atoms with Gasteiger partial charge in [0.25, 0.3) is 0 Å². The van der Waals surface area contributed by atoms with Crippen LogP contribution in [0.3, 0.4) is 0 Å². The Morgan fingerprint density at radius 3 is 2.36 bits per heavy atom. The van der Waals surface area contributed by atoms with Crippen molar-refractivity contribution < 1.29 is 23.1 Å².